The normalized spacial score (nSPS) is 11.5. The molecule has 0 spiro atoms. The molecular formula is C11H14ClNO5S. The molecule has 0 saturated heterocycles. The Balaban J connectivity index is 2.94. The zero-order valence-electron chi connectivity index (χ0n) is 10.2. The molecule has 0 aliphatic heterocycles. The van der Waals surface area contributed by atoms with E-state index >= 15 is 0 Å². The van der Waals surface area contributed by atoms with E-state index in [0.717, 1.165) is 6.07 Å². The largest absolute Gasteiger partial charge is 0.478 e. The molecular weight excluding hydrogens is 294 g/mol. The first-order chi connectivity index (χ1) is 8.88. The molecule has 19 heavy (non-hydrogen) atoms. The van der Waals surface area contributed by atoms with Crippen LogP contribution < -0.4 is 4.72 Å². The molecule has 0 aliphatic rings. The van der Waals surface area contributed by atoms with Crippen LogP contribution in [0, 0.1) is 0 Å². The highest BCUT2D eigenvalue weighted by Crippen LogP contribution is 2.22. The van der Waals surface area contributed by atoms with Gasteiger partial charge >= 0.3 is 5.97 Å². The van der Waals surface area contributed by atoms with Crippen LogP contribution >= 0.6 is 11.6 Å². The molecule has 0 amide bonds. The summed E-state index contributed by atoms with van der Waals surface area (Å²) in [5.41, 5.74) is -0.137. The van der Waals surface area contributed by atoms with Gasteiger partial charge in [-0.2, -0.15) is 0 Å². The number of rotatable bonds is 7. The number of carboxylic acids is 1. The van der Waals surface area contributed by atoms with E-state index in [1.165, 1.54) is 19.2 Å². The second-order valence-corrected chi connectivity index (χ2v) is 5.84. The standard InChI is InChI=1S/C11H14ClNO5S/c1-18-6-2-5-13-19(16,17)10-7-8(11(14)15)3-4-9(10)12/h3-4,7,13H,2,5-6H2,1H3,(H,14,15). The molecule has 0 saturated carbocycles. The number of hydrogen-bond donors (Lipinski definition) is 2. The van der Waals surface area contributed by atoms with Gasteiger partial charge in [-0.15, -0.1) is 0 Å². The highest BCUT2D eigenvalue weighted by Gasteiger charge is 2.19. The Morgan fingerprint density at radius 1 is 1.47 bits per heavy atom. The van der Waals surface area contributed by atoms with Crippen LogP contribution in [-0.4, -0.2) is 39.8 Å². The van der Waals surface area contributed by atoms with Crippen molar-refractivity contribution in [2.45, 2.75) is 11.3 Å². The molecule has 0 fully saturated rings. The Morgan fingerprint density at radius 3 is 2.74 bits per heavy atom. The first-order valence-electron chi connectivity index (χ1n) is 5.40. The third-order valence-electron chi connectivity index (χ3n) is 2.28. The molecule has 0 aromatic heterocycles. The predicted octanol–water partition coefficient (Wildman–Crippen LogP) is 1.35. The summed E-state index contributed by atoms with van der Waals surface area (Å²) in [7, 11) is -2.31. The third kappa shape index (κ3) is 4.46. The molecule has 1 aromatic carbocycles. The van der Waals surface area contributed by atoms with Gasteiger partial charge in [0, 0.05) is 20.3 Å². The number of sulfonamides is 1. The number of hydrogen-bond acceptors (Lipinski definition) is 4. The van der Waals surface area contributed by atoms with Gasteiger partial charge in [0.15, 0.2) is 0 Å². The SMILES string of the molecule is COCCCNS(=O)(=O)c1cc(C(=O)O)ccc1Cl. The average Bonchev–Trinajstić information content (AvgIpc) is 2.34. The van der Waals surface area contributed by atoms with Gasteiger partial charge in [0.2, 0.25) is 10.0 Å². The van der Waals surface area contributed by atoms with E-state index in [4.69, 9.17) is 21.4 Å². The average molecular weight is 308 g/mol. The van der Waals surface area contributed by atoms with E-state index < -0.39 is 16.0 Å². The van der Waals surface area contributed by atoms with Crippen LogP contribution in [-0.2, 0) is 14.8 Å². The van der Waals surface area contributed by atoms with Gasteiger partial charge in [-0.25, -0.2) is 17.9 Å². The lowest BCUT2D eigenvalue weighted by atomic mass is 10.2. The molecule has 0 aliphatic carbocycles. The Hall–Kier alpha value is -1.15. The maximum Gasteiger partial charge on any atom is 0.335 e. The molecule has 106 valence electrons. The van der Waals surface area contributed by atoms with Gasteiger partial charge in [-0.05, 0) is 24.6 Å². The van der Waals surface area contributed by atoms with Gasteiger partial charge in [0.1, 0.15) is 4.90 Å². The van der Waals surface area contributed by atoms with E-state index in [2.05, 4.69) is 4.72 Å². The Kier molecular flexibility index (Phi) is 5.74. The molecule has 2 N–H and O–H groups in total. The minimum atomic E-state index is -3.83. The van der Waals surface area contributed by atoms with Crippen LogP contribution in [0.1, 0.15) is 16.8 Å². The highest BCUT2D eigenvalue weighted by molar-refractivity contribution is 7.89. The van der Waals surface area contributed by atoms with E-state index in [9.17, 15) is 13.2 Å². The van der Waals surface area contributed by atoms with E-state index in [1.54, 1.807) is 0 Å². The van der Waals surface area contributed by atoms with Crippen molar-refractivity contribution in [3.63, 3.8) is 0 Å². The zero-order valence-corrected chi connectivity index (χ0v) is 11.8. The fourth-order valence-electron chi connectivity index (χ4n) is 1.34. The summed E-state index contributed by atoms with van der Waals surface area (Å²) in [4.78, 5) is 10.6. The Labute approximate surface area is 116 Å². The molecule has 1 aromatic rings. The van der Waals surface area contributed by atoms with Crippen LogP contribution in [0.2, 0.25) is 5.02 Å². The summed E-state index contributed by atoms with van der Waals surface area (Å²) in [6.07, 6.45) is 0.506. The van der Waals surface area contributed by atoms with E-state index in [0.29, 0.717) is 13.0 Å². The fourth-order valence-corrected chi connectivity index (χ4v) is 2.94. The molecule has 0 atom stereocenters. The molecule has 0 heterocycles. The Bertz CT molecular complexity index is 558. The Morgan fingerprint density at radius 2 is 2.16 bits per heavy atom. The number of halogens is 1. The zero-order chi connectivity index (χ0) is 14.5. The summed E-state index contributed by atoms with van der Waals surface area (Å²) < 4.78 is 31.1. The van der Waals surface area contributed by atoms with Crippen LogP contribution in [0.5, 0.6) is 0 Å². The minimum absolute atomic E-state index is 0.0239. The van der Waals surface area contributed by atoms with Gasteiger partial charge in [-0.3, -0.25) is 0 Å². The third-order valence-corrected chi connectivity index (χ3v) is 4.23. The second kappa shape index (κ2) is 6.85. The summed E-state index contributed by atoms with van der Waals surface area (Å²) in [5.74, 6) is -1.22. The van der Waals surface area contributed by atoms with Crippen molar-refractivity contribution in [2.75, 3.05) is 20.3 Å². The van der Waals surface area contributed by atoms with Crippen LogP contribution in [0.3, 0.4) is 0 Å². The van der Waals surface area contributed by atoms with Crippen molar-refractivity contribution >= 4 is 27.6 Å². The van der Waals surface area contributed by atoms with Crippen molar-refractivity contribution in [3.8, 4) is 0 Å². The number of carbonyl (C=O) groups is 1. The topological polar surface area (TPSA) is 92.7 Å². The number of nitrogens with one attached hydrogen (secondary N) is 1. The fraction of sp³-hybridized carbons (Fsp3) is 0.364. The van der Waals surface area contributed by atoms with E-state index in [1.807, 2.05) is 0 Å². The predicted molar refractivity (Wildman–Crippen MR) is 70.1 cm³/mol. The number of aromatic carboxylic acids is 1. The lowest BCUT2D eigenvalue weighted by Gasteiger charge is -2.09. The summed E-state index contributed by atoms with van der Waals surface area (Å²) >= 11 is 5.79. The van der Waals surface area contributed by atoms with Gasteiger partial charge < -0.3 is 9.84 Å². The summed E-state index contributed by atoms with van der Waals surface area (Å²) in [6, 6.07) is 3.52. The molecule has 1 rings (SSSR count). The van der Waals surface area contributed by atoms with Crippen molar-refractivity contribution < 1.29 is 23.1 Å². The first-order valence-corrected chi connectivity index (χ1v) is 7.26. The molecule has 0 radical (unpaired) electrons. The monoisotopic (exact) mass is 307 g/mol. The van der Waals surface area contributed by atoms with Crippen LogP contribution in [0.15, 0.2) is 23.1 Å². The lowest BCUT2D eigenvalue weighted by molar-refractivity contribution is 0.0696. The quantitative estimate of drug-likeness (QED) is 0.742. The molecule has 8 heteroatoms. The summed E-state index contributed by atoms with van der Waals surface area (Å²) in [6.45, 7) is 0.606. The lowest BCUT2D eigenvalue weighted by Crippen LogP contribution is -2.26. The van der Waals surface area contributed by atoms with Crippen LogP contribution in [0.4, 0.5) is 0 Å². The van der Waals surface area contributed by atoms with Crippen molar-refractivity contribution in [1.82, 2.24) is 4.72 Å². The second-order valence-electron chi connectivity index (χ2n) is 3.69. The van der Waals surface area contributed by atoms with Gasteiger partial charge in [0.05, 0.1) is 10.6 Å². The van der Waals surface area contributed by atoms with Crippen molar-refractivity contribution in [3.05, 3.63) is 28.8 Å². The van der Waals surface area contributed by atoms with Crippen molar-refractivity contribution in [1.29, 1.82) is 0 Å². The number of carboxylic acid groups (broad SMARTS) is 1. The molecule has 0 unspecified atom stereocenters. The van der Waals surface area contributed by atoms with Crippen molar-refractivity contribution in [2.24, 2.45) is 0 Å². The number of ether oxygens (including phenoxy) is 1. The summed E-state index contributed by atoms with van der Waals surface area (Å²) in [5, 5.41) is 8.81. The first kappa shape index (κ1) is 15.9. The maximum absolute atomic E-state index is 12.0. The highest BCUT2D eigenvalue weighted by atomic mass is 35.5. The maximum atomic E-state index is 12.0. The number of methoxy groups -OCH3 is 1. The van der Waals surface area contributed by atoms with Gasteiger partial charge in [-0.1, -0.05) is 11.6 Å². The minimum Gasteiger partial charge on any atom is -0.478 e. The smallest absolute Gasteiger partial charge is 0.335 e. The molecule has 6 nitrogen and oxygen atoms in total. The van der Waals surface area contributed by atoms with Gasteiger partial charge in [0.25, 0.3) is 0 Å². The van der Waals surface area contributed by atoms with E-state index in [-0.39, 0.29) is 22.0 Å². The number of benzene rings is 1. The van der Waals surface area contributed by atoms with Crippen LogP contribution in [0.25, 0.3) is 0 Å². The molecule has 0 bridgehead atoms.